The van der Waals surface area contributed by atoms with Crippen molar-refractivity contribution in [1.82, 2.24) is 0 Å². The van der Waals surface area contributed by atoms with Gasteiger partial charge in [0.1, 0.15) is 0 Å². The number of nitrogen functional groups attached to an aromatic ring is 5. The van der Waals surface area contributed by atoms with Crippen LogP contribution in [0.1, 0.15) is 5.56 Å². The SMILES string of the molecule is C=Cc1c(N)c(N)c(N)c(N)c1N. The van der Waals surface area contributed by atoms with Gasteiger partial charge in [-0.1, -0.05) is 12.7 Å². The van der Waals surface area contributed by atoms with Gasteiger partial charge in [-0.05, 0) is 0 Å². The second-order valence-corrected chi connectivity index (χ2v) is 2.69. The number of hydrogen-bond acceptors (Lipinski definition) is 5. The first-order valence-corrected chi connectivity index (χ1v) is 3.64. The molecule has 0 aliphatic carbocycles. The Morgan fingerprint density at radius 3 is 1.31 bits per heavy atom. The molecule has 70 valence electrons. The van der Waals surface area contributed by atoms with Crippen molar-refractivity contribution in [3.8, 4) is 0 Å². The summed E-state index contributed by atoms with van der Waals surface area (Å²) < 4.78 is 0. The molecule has 0 fully saturated rings. The summed E-state index contributed by atoms with van der Waals surface area (Å²) >= 11 is 0. The molecule has 1 aromatic rings. The van der Waals surface area contributed by atoms with Crippen LogP contribution >= 0.6 is 0 Å². The third-order valence-electron chi connectivity index (χ3n) is 1.95. The first-order chi connectivity index (χ1) is 6.00. The maximum absolute atomic E-state index is 5.65. The molecule has 5 nitrogen and oxygen atoms in total. The predicted molar refractivity (Wildman–Crippen MR) is 58.6 cm³/mol. The molecule has 10 N–H and O–H groups in total. The number of hydrogen-bond donors (Lipinski definition) is 5. The fourth-order valence-corrected chi connectivity index (χ4v) is 1.09. The quantitative estimate of drug-likeness (QED) is 0.394. The number of anilines is 5. The lowest BCUT2D eigenvalue weighted by molar-refractivity contribution is 1.60. The van der Waals surface area contributed by atoms with Crippen LogP contribution in [0.4, 0.5) is 28.4 Å². The number of benzene rings is 1. The molecular formula is C8H13N5. The summed E-state index contributed by atoms with van der Waals surface area (Å²) in [5, 5.41) is 0. The molecule has 0 spiro atoms. The van der Waals surface area contributed by atoms with Crippen LogP contribution in [0, 0.1) is 0 Å². The molecule has 0 aliphatic heterocycles. The van der Waals surface area contributed by atoms with E-state index in [1.165, 1.54) is 6.08 Å². The van der Waals surface area contributed by atoms with Crippen LogP contribution in [0.25, 0.3) is 6.08 Å². The van der Waals surface area contributed by atoms with E-state index in [9.17, 15) is 0 Å². The first kappa shape index (κ1) is 9.05. The molecule has 13 heavy (non-hydrogen) atoms. The minimum atomic E-state index is 0.223. The average Bonchev–Trinajstić information content (AvgIpc) is 2.13. The highest BCUT2D eigenvalue weighted by Crippen LogP contribution is 2.38. The minimum Gasteiger partial charge on any atom is -0.396 e. The molecule has 0 aliphatic rings. The van der Waals surface area contributed by atoms with Crippen molar-refractivity contribution < 1.29 is 0 Å². The van der Waals surface area contributed by atoms with Gasteiger partial charge in [0.05, 0.1) is 28.4 Å². The molecule has 0 saturated carbocycles. The Bertz CT molecular complexity index is 340. The van der Waals surface area contributed by atoms with Crippen molar-refractivity contribution in [3.05, 3.63) is 12.1 Å². The summed E-state index contributed by atoms with van der Waals surface area (Å²) in [5.74, 6) is 0. The molecule has 0 atom stereocenters. The average molecular weight is 179 g/mol. The molecule has 0 heterocycles. The van der Waals surface area contributed by atoms with Crippen LogP contribution in [-0.2, 0) is 0 Å². The fourth-order valence-electron chi connectivity index (χ4n) is 1.09. The van der Waals surface area contributed by atoms with Crippen molar-refractivity contribution in [2.45, 2.75) is 0 Å². The standard InChI is InChI=1S/C8H13N5/c1-2-3-4(9)6(11)8(13)7(12)5(3)10/h2H,1,9-13H2. The summed E-state index contributed by atoms with van der Waals surface area (Å²) in [4.78, 5) is 0. The number of nitrogens with two attached hydrogens (primary N) is 5. The third-order valence-corrected chi connectivity index (χ3v) is 1.95. The lowest BCUT2D eigenvalue weighted by atomic mass is 10.1. The third kappa shape index (κ3) is 1.10. The Morgan fingerprint density at radius 1 is 0.692 bits per heavy atom. The van der Waals surface area contributed by atoms with Crippen molar-refractivity contribution in [3.63, 3.8) is 0 Å². The van der Waals surface area contributed by atoms with Gasteiger partial charge in [-0.3, -0.25) is 0 Å². The van der Waals surface area contributed by atoms with E-state index in [2.05, 4.69) is 6.58 Å². The van der Waals surface area contributed by atoms with Gasteiger partial charge in [-0.2, -0.15) is 0 Å². The molecule has 0 amide bonds. The van der Waals surface area contributed by atoms with Gasteiger partial charge in [0.2, 0.25) is 0 Å². The summed E-state index contributed by atoms with van der Waals surface area (Å²) in [7, 11) is 0. The van der Waals surface area contributed by atoms with Gasteiger partial charge in [0.25, 0.3) is 0 Å². The lowest BCUT2D eigenvalue weighted by Gasteiger charge is -2.13. The molecule has 1 rings (SSSR count). The van der Waals surface area contributed by atoms with Crippen LogP contribution in [-0.4, -0.2) is 0 Å². The maximum atomic E-state index is 5.65. The summed E-state index contributed by atoms with van der Waals surface area (Å²) in [6.07, 6.45) is 1.50. The van der Waals surface area contributed by atoms with Crippen LogP contribution < -0.4 is 28.7 Å². The highest BCUT2D eigenvalue weighted by molar-refractivity contribution is 5.99. The summed E-state index contributed by atoms with van der Waals surface area (Å²) in [6, 6.07) is 0. The molecule has 0 bridgehead atoms. The van der Waals surface area contributed by atoms with E-state index < -0.39 is 0 Å². The van der Waals surface area contributed by atoms with E-state index in [4.69, 9.17) is 28.7 Å². The second-order valence-electron chi connectivity index (χ2n) is 2.69. The fraction of sp³-hybridized carbons (Fsp3) is 0. The van der Waals surface area contributed by atoms with E-state index in [0.29, 0.717) is 16.9 Å². The van der Waals surface area contributed by atoms with Crippen LogP contribution in [0.15, 0.2) is 6.58 Å². The van der Waals surface area contributed by atoms with E-state index in [1.54, 1.807) is 0 Å². The Labute approximate surface area is 76.2 Å². The molecule has 0 aromatic heterocycles. The van der Waals surface area contributed by atoms with Crippen LogP contribution in [0.3, 0.4) is 0 Å². The largest absolute Gasteiger partial charge is 0.396 e. The Kier molecular flexibility index (Phi) is 1.94. The van der Waals surface area contributed by atoms with Crippen molar-refractivity contribution in [2.24, 2.45) is 0 Å². The zero-order valence-corrected chi connectivity index (χ0v) is 7.17. The van der Waals surface area contributed by atoms with Crippen LogP contribution in [0.5, 0.6) is 0 Å². The van der Waals surface area contributed by atoms with E-state index >= 15 is 0 Å². The minimum absolute atomic E-state index is 0.223. The van der Waals surface area contributed by atoms with Crippen molar-refractivity contribution in [1.29, 1.82) is 0 Å². The molecular weight excluding hydrogens is 166 g/mol. The van der Waals surface area contributed by atoms with Gasteiger partial charge in [-0.15, -0.1) is 0 Å². The topological polar surface area (TPSA) is 130 Å². The smallest absolute Gasteiger partial charge is 0.0824 e. The first-order valence-electron chi connectivity index (χ1n) is 3.64. The van der Waals surface area contributed by atoms with Gasteiger partial charge < -0.3 is 28.7 Å². The second kappa shape index (κ2) is 2.78. The van der Waals surface area contributed by atoms with Crippen LogP contribution in [0.2, 0.25) is 0 Å². The molecule has 0 saturated heterocycles. The van der Waals surface area contributed by atoms with Crippen molar-refractivity contribution in [2.75, 3.05) is 28.7 Å². The Hall–Kier alpha value is -2.04. The van der Waals surface area contributed by atoms with Gasteiger partial charge >= 0.3 is 0 Å². The van der Waals surface area contributed by atoms with Gasteiger partial charge in [0.15, 0.2) is 0 Å². The van der Waals surface area contributed by atoms with E-state index in [0.717, 1.165) is 0 Å². The normalized spacial score (nSPS) is 9.85. The Morgan fingerprint density at radius 2 is 1.00 bits per heavy atom. The van der Waals surface area contributed by atoms with E-state index in [1.807, 2.05) is 0 Å². The molecule has 0 radical (unpaired) electrons. The summed E-state index contributed by atoms with van der Waals surface area (Å²) in [5.41, 5.74) is 30.0. The highest BCUT2D eigenvalue weighted by Gasteiger charge is 2.12. The summed E-state index contributed by atoms with van der Waals surface area (Å²) in [6.45, 7) is 3.55. The zero-order valence-electron chi connectivity index (χ0n) is 7.17. The van der Waals surface area contributed by atoms with E-state index in [-0.39, 0.29) is 17.1 Å². The lowest BCUT2D eigenvalue weighted by Crippen LogP contribution is -2.09. The molecule has 0 unspecified atom stereocenters. The maximum Gasteiger partial charge on any atom is 0.0824 e. The number of rotatable bonds is 1. The molecule has 5 heteroatoms. The monoisotopic (exact) mass is 179 g/mol. The Balaban J connectivity index is 3.66. The van der Waals surface area contributed by atoms with Crippen molar-refractivity contribution >= 4 is 34.5 Å². The predicted octanol–water partition coefficient (Wildman–Crippen LogP) is 0.241. The van der Waals surface area contributed by atoms with Gasteiger partial charge in [-0.25, -0.2) is 0 Å². The zero-order chi connectivity index (χ0) is 10.2. The van der Waals surface area contributed by atoms with Gasteiger partial charge in [0, 0.05) is 5.56 Å². The highest BCUT2D eigenvalue weighted by atomic mass is 14.8. The molecule has 1 aromatic carbocycles.